The predicted octanol–water partition coefficient (Wildman–Crippen LogP) is 2.73. The number of carbonyl (C=O) groups is 1. The molecule has 0 spiro atoms. The Labute approximate surface area is 149 Å². The Kier molecular flexibility index (Phi) is 4.96. The molecule has 3 aromatic carbocycles. The molecule has 1 N–H and O–H groups in total. The minimum Gasteiger partial charge on any atom is -0.478 e. The van der Waals surface area contributed by atoms with Crippen molar-refractivity contribution < 1.29 is 9.90 Å². The molecular weight excluding hydrogens is 324 g/mol. The van der Waals surface area contributed by atoms with Gasteiger partial charge in [0.15, 0.2) is 8.07 Å². The Morgan fingerprint density at radius 2 is 1.04 bits per heavy atom. The van der Waals surface area contributed by atoms with Crippen LogP contribution < -0.4 is 15.6 Å². The van der Waals surface area contributed by atoms with Crippen LogP contribution in [0.25, 0.3) is 0 Å². The molecule has 0 radical (unpaired) electrons. The van der Waals surface area contributed by atoms with Gasteiger partial charge in [-0.05, 0) is 22.5 Å². The molecule has 0 bridgehead atoms. The second kappa shape index (κ2) is 7.32. The molecule has 0 saturated carbocycles. The smallest absolute Gasteiger partial charge is 0.330 e. The predicted molar refractivity (Wildman–Crippen MR) is 105 cm³/mol. The van der Waals surface area contributed by atoms with Gasteiger partial charge in [0.05, 0.1) is 0 Å². The molecule has 0 aliphatic carbocycles. The zero-order valence-corrected chi connectivity index (χ0v) is 15.1. The topological polar surface area (TPSA) is 37.3 Å². The summed E-state index contributed by atoms with van der Waals surface area (Å²) >= 11 is 0. The summed E-state index contributed by atoms with van der Waals surface area (Å²) in [7, 11) is -2.59. The highest BCUT2D eigenvalue weighted by Crippen LogP contribution is 2.12. The van der Waals surface area contributed by atoms with E-state index in [0.717, 1.165) is 0 Å². The van der Waals surface area contributed by atoms with Crippen LogP contribution in [0.2, 0.25) is 0 Å². The molecule has 0 heterocycles. The van der Waals surface area contributed by atoms with E-state index in [-0.39, 0.29) is 0 Å². The lowest BCUT2D eigenvalue weighted by atomic mass is 10.3. The Morgan fingerprint density at radius 1 is 0.720 bits per heavy atom. The molecular formula is C22H20O2Si. The minimum absolute atomic E-state index is 0.378. The average Bonchev–Trinajstić information content (AvgIpc) is 2.68. The number of carboxylic acid groups (broad SMARTS) is 1. The Balaban J connectivity index is 2.40. The number of rotatable bonds is 5. The second-order valence-electron chi connectivity index (χ2n) is 6.04. The van der Waals surface area contributed by atoms with Gasteiger partial charge in [-0.3, -0.25) is 0 Å². The number of hydrogen-bond acceptors (Lipinski definition) is 1. The third kappa shape index (κ3) is 3.32. The lowest BCUT2D eigenvalue weighted by Crippen LogP contribution is -2.66. The highest BCUT2D eigenvalue weighted by Gasteiger charge is 2.37. The van der Waals surface area contributed by atoms with Crippen LogP contribution in [-0.2, 0) is 4.79 Å². The van der Waals surface area contributed by atoms with Crippen molar-refractivity contribution >= 4 is 29.6 Å². The largest absolute Gasteiger partial charge is 0.478 e. The quantitative estimate of drug-likeness (QED) is 0.439. The molecule has 0 aromatic heterocycles. The van der Waals surface area contributed by atoms with Gasteiger partial charge in [-0.25, -0.2) is 4.79 Å². The molecule has 0 atom stereocenters. The molecule has 2 nitrogen and oxygen atoms in total. The SMILES string of the molecule is CC(=C[Si](c1ccccc1)(c1ccccc1)c1ccccc1)C(=O)O. The monoisotopic (exact) mass is 344 g/mol. The Bertz CT molecular complexity index is 775. The van der Waals surface area contributed by atoms with Crippen molar-refractivity contribution in [2.75, 3.05) is 0 Å². The third-order valence-corrected chi connectivity index (χ3v) is 9.06. The molecule has 0 amide bonds. The van der Waals surface area contributed by atoms with Crippen molar-refractivity contribution in [3.8, 4) is 0 Å². The fraction of sp³-hybridized carbons (Fsp3) is 0.0455. The highest BCUT2D eigenvalue weighted by atomic mass is 28.3. The fourth-order valence-electron chi connectivity index (χ4n) is 3.24. The summed E-state index contributed by atoms with van der Waals surface area (Å²) in [6, 6.07) is 30.8. The lowest BCUT2D eigenvalue weighted by molar-refractivity contribution is -0.132. The second-order valence-corrected chi connectivity index (χ2v) is 9.68. The van der Waals surface area contributed by atoms with Gasteiger partial charge in [-0.15, -0.1) is 0 Å². The normalized spacial score (nSPS) is 12.0. The summed E-state index contributed by atoms with van der Waals surface area (Å²) in [4.78, 5) is 11.6. The maximum Gasteiger partial charge on any atom is 0.330 e. The van der Waals surface area contributed by atoms with E-state index in [9.17, 15) is 9.90 Å². The zero-order chi connectivity index (χ0) is 17.7. The van der Waals surface area contributed by atoms with Crippen molar-refractivity contribution in [3.05, 3.63) is 102 Å². The number of carboxylic acids is 1. The van der Waals surface area contributed by atoms with Gasteiger partial charge in [0.2, 0.25) is 0 Å². The van der Waals surface area contributed by atoms with Gasteiger partial charge in [-0.1, -0.05) is 96.7 Å². The van der Waals surface area contributed by atoms with Crippen molar-refractivity contribution in [1.29, 1.82) is 0 Å². The third-order valence-electron chi connectivity index (χ3n) is 4.46. The van der Waals surface area contributed by atoms with Crippen molar-refractivity contribution in [1.82, 2.24) is 0 Å². The van der Waals surface area contributed by atoms with Gasteiger partial charge in [-0.2, -0.15) is 0 Å². The summed E-state index contributed by atoms with van der Waals surface area (Å²) in [5.41, 5.74) is 2.37. The van der Waals surface area contributed by atoms with Crippen molar-refractivity contribution in [3.63, 3.8) is 0 Å². The van der Waals surface area contributed by atoms with Gasteiger partial charge >= 0.3 is 5.97 Å². The van der Waals surface area contributed by atoms with Gasteiger partial charge < -0.3 is 5.11 Å². The first kappa shape index (κ1) is 16.9. The molecule has 0 aliphatic heterocycles. The molecule has 3 heteroatoms. The molecule has 0 saturated heterocycles. The molecule has 0 fully saturated rings. The zero-order valence-electron chi connectivity index (χ0n) is 14.1. The molecule has 25 heavy (non-hydrogen) atoms. The van der Waals surface area contributed by atoms with Gasteiger partial charge in [0.25, 0.3) is 0 Å². The summed E-state index contributed by atoms with van der Waals surface area (Å²) < 4.78 is 0. The van der Waals surface area contributed by atoms with E-state index in [4.69, 9.17) is 0 Å². The van der Waals surface area contributed by atoms with E-state index < -0.39 is 14.0 Å². The van der Waals surface area contributed by atoms with E-state index >= 15 is 0 Å². The van der Waals surface area contributed by atoms with E-state index in [1.54, 1.807) is 6.92 Å². The summed E-state index contributed by atoms with van der Waals surface area (Å²) in [6.07, 6.45) is 0. The fourth-order valence-corrected chi connectivity index (χ4v) is 7.67. The van der Waals surface area contributed by atoms with E-state index in [2.05, 4.69) is 36.4 Å². The number of hydrogen-bond donors (Lipinski definition) is 1. The van der Waals surface area contributed by atoms with Crippen molar-refractivity contribution in [2.45, 2.75) is 6.92 Å². The lowest BCUT2D eigenvalue weighted by Gasteiger charge is -2.31. The van der Waals surface area contributed by atoms with Crippen LogP contribution in [0.1, 0.15) is 6.92 Å². The Hall–Kier alpha value is -2.91. The van der Waals surface area contributed by atoms with Gasteiger partial charge in [0.1, 0.15) is 0 Å². The average molecular weight is 344 g/mol. The maximum absolute atomic E-state index is 11.6. The Morgan fingerprint density at radius 3 is 1.32 bits per heavy atom. The number of benzene rings is 3. The highest BCUT2D eigenvalue weighted by molar-refractivity contribution is 7.15. The standard InChI is InChI=1S/C22H20O2Si/c1-18(22(23)24)17-25(19-11-5-2-6-12-19,20-13-7-3-8-14-20)21-15-9-4-10-16-21/h2-17H,1H3,(H,23,24). The van der Waals surface area contributed by atoms with Crippen LogP contribution in [0.15, 0.2) is 102 Å². The first-order chi connectivity index (χ1) is 12.1. The molecule has 0 aliphatic rings. The van der Waals surface area contributed by atoms with Crippen LogP contribution in [0.5, 0.6) is 0 Å². The van der Waals surface area contributed by atoms with Crippen molar-refractivity contribution in [2.24, 2.45) is 0 Å². The van der Waals surface area contributed by atoms with Crippen LogP contribution in [-0.4, -0.2) is 19.1 Å². The molecule has 124 valence electrons. The molecule has 0 unspecified atom stereocenters. The van der Waals surface area contributed by atoms with Gasteiger partial charge in [0, 0.05) is 5.57 Å². The summed E-state index contributed by atoms with van der Waals surface area (Å²) in [5.74, 6) is -0.875. The first-order valence-electron chi connectivity index (χ1n) is 8.24. The number of aliphatic carboxylic acids is 1. The van der Waals surface area contributed by atoms with E-state index in [1.807, 2.05) is 60.3 Å². The van der Waals surface area contributed by atoms with Crippen LogP contribution in [0.3, 0.4) is 0 Å². The summed E-state index contributed by atoms with van der Waals surface area (Å²) in [6.45, 7) is 1.68. The van der Waals surface area contributed by atoms with Crippen LogP contribution in [0.4, 0.5) is 0 Å². The summed E-state index contributed by atoms with van der Waals surface area (Å²) in [5, 5.41) is 13.1. The molecule has 3 rings (SSSR count). The first-order valence-corrected chi connectivity index (χ1v) is 10.3. The van der Waals surface area contributed by atoms with E-state index in [1.165, 1.54) is 15.6 Å². The maximum atomic E-state index is 11.6. The van der Waals surface area contributed by atoms with Crippen LogP contribution >= 0.6 is 0 Å². The minimum atomic E-state index is -2.59. The molecule has 3 aromatic rings. The van der Waals surface area contributed by atoms with Crippen LogP contribution in [0, 0.1) is 0 Å². The van der Waals surface area contributed by atoms with E-state index in [0.29, 0.717) is 5.57 Å².